The Balaban J connectivity index is 5.04. The monoisotopic (exact) mass is 346 g/mol. The van der Waals surface area contributed by atoms with Crippen molar-refractivity contribution in [3.63, 3.8) is 0 Å². The second-order valence-electron chi connectivity index (χ2n) is 6.73. The summed E-state index contributed by atoms with van der Waals surface area (Å²) >= 11 is 0. The zero-order valence-electron chi connectivity index (χ0n) is 16.3. The zero-order chi connectivity index (χ0) is 16.9. The Hall–Kier alpha value is 0.354. The third-order valence-corrected chi connectivity index (χ3v) is 15.0. The molecule has 0 aliphatic carbocycles. The lowest BCUT2D eigenvalue weighted by Gasteiger charge is -2.36. The molecular weight excluding hydrogens is 304 g/mol. The first-order valence-corrected chi connectivity index (χ1v) is 14.9. The minimum absolute atomic E-state index is 0.900. The van der Waals surface area contributed by atoms with Gasteiger partial charge in [-0.1, -0.05) is 53.4 Å². The quantitative estimate of drug-likeness (QED) is 0.311. The predicted octanol–water partition coefficient (Wildman–Crippen LogP) is 6.59. The smallest absolute Gasteiger partial charge is 0.192 e. The average Bonchev–Trinajstić information content (AvgIpc) is 2.47. The molecule has 134 valence electrons. The molecular formula is C18H42O2Si2. The van der Waals surface area contributed by atoms with Crippen LogP contribution in [0.2, 0.25) is 36.3 Å². The molecule has 0 aromatic carbocycles. The maximum atomic E-state index is 6.45. The molecule has 0 aliphatic rings. The van der Waals surface area contributed by atoms with Gasteiger partial charge in [0.15, 0.2) is 16.6 Å². The van der Waals surface area contributed by atoms with E-state index in [-0.39, 0.29) is 0 Å². The van der Waals surface area contributed by atoms with E-state index in [0.29, 0.717) is 0 Å². The van der Waals surface area contributed by atoms with Crippen LogP contribution < -0.4 is 0 Å². The zero-order valence-corrected chi connectivity index (χ0v) is 18.3. The van der Waals surface area contributed by atoms with E-state index >= 15 is 0 Å². The summed E-state index contributed by atoms with van der Waals surface area (Å²) in [6.45, 7) is 15.4. The van der Waals surface area contributed by atoms with E-state index < -0.39 is 16.6 Å². The summed E-state index contributed by atoms with van der Waals surface area (Å²) in [4.78, 5) is 0. The van der Waals surface area contributed by atoms with Crippen molar-refractivity contribution < 1.29 is 8.85 Å². The summed E-state index contributed by atoms with van der Waals surface area (Å²) < 4.78 is 12.9. The summed E-state index contributed by atoms with van der Waals surface area (Å²) in [6, 6.07) is 8.03. The minimum atomic E-state index is -1.54. The van der Waals surface area contributed by atoms with E-state index in [0.717, 1.165) is 13.2 Å². The van der Waals surface area contributed by atoms with Crippen LogP contribution in [0.1, 0.15) is 67.2 Å². The van der Waals surface area contributed by atoms with Gasteiger partial charge in [0.1, 0.15) is 0 Å². The van der Waals surface area contributed by atoms with Crippen molar-refractivity contribution in [1.82, 2.24) is 0 Å². The van der Waals surface area contributed by atoms with Crippen LogP contribution in [-0.2, 0) is 8.85 Å². The maximum Gasteiger partial charge on any atom is 0.192 e. The van der Waals surface area contributed by atoms with Crippen molar-refractivity contribution in [3.8, 4) is 0 Å². The van der Waals surface area contributed by atoms with E-state index in [9.17, 15) is 0 Å². The molecule has 0 unspecified atom stereocenters. The lowest BCUT2D eigenvalue weighted by molar-refractivity contribution is 0.307. The van der Waals surface area contributed by atoms with Gasteiger partial charge in [-0.3, -0.25) is 0 Å². The highest BCUT2D eigenvalue weighted by Gasteiger charge is 2.39. The fourth-order valence-corrected chi connectivity index (χ4v) is 15.0. The van der Waals surface area contributed by atoms with E-state index in [1.165, 1.54) is 61.9 Å². The molecule has 0 atom stereocenters. The lowest BCUT2D eigenvalue weighted by atomic mass is 10.6. The van der Waals surface area contributed by atoms with Gasteiger partial charge in [-0.25, -0.2) is 0 Å². The van der Waals surface area contributed by atoms with E-state index in [1.807, 2.05) is 0 Å². The van der Waals surface area contributed by atoms with Crippen LogP contribution in [0, 0.1) is 0 Å². The molecule has 4 heteroatoms. The first kappa shape index (κ1) is 22.4. The summed E-state index contributed by atoms with van der Waals surface area (Å²) in [6.07, 6.45) is 5.10. The Morgan fingerprint density at radius 3 is 0.909 bits per heavy atom. The molecule has 0 saturated heterocycles. The molecule has 0 bridgehead atoms. The fourth-order valence-electron chi connectivity index (χ4n) is 4.07. The Morgan fingerprint density at radius 1 is 0.455 bits per heavy atom. The van der Waals surface area contributed by atoms with Crippen LogP contribution in [-0.4, -0.2) is 29.8 Å². The maximum absolute atomic E-state index is 6.45. The number of hydrogen-bond donors (Lipinski definition) is 0. The minimum Gasteiger partial charge on any atom is -0.417 e. The van der Waals surface area contributed by atoms with Crippen LogP contribution >= 0.6 is 0 Å². The molecule has 0 heterocycles. The van der Waals surface area contributed by atoms with Crippen molar-refractivity contribution in [2.75, 3.05) is 13.2 Å². The normalized spacial score (nSPS) is 12.8. The SMILES string of the molecule is CCC[Si](CCC)(CC[Si](CCC)(CCC)OCC)OCC. The average molecular weight is 347 g/mol. The largest absolute Gasteiger partial charge is 0.417 e. The van der Waals surface area contributed by atoms with Gasteiger partial charge in [0.2, 0.25) is 0 Å². The van der Waals surface area contributed by atoms with E-state index in [4.69, 9.17) is 8.85 Å². The third-order valence-electron chi connectivity index (χ3n) is 4.76. The molecule has 0 amide bonds. The highest BCUT2D eigenvalue weighted by atomic mass is 28.4. The highest BCUT2D eigenvalue weighted by molar-refractivity contribution is 6.79. The summed E-state index contributed by atoms with van der Waals surface area (Å²) in [5, 5.41) is 0. The Kier molecular flexibility index (Phi) is 12.9. The van der Waals surface area contributed by atoms with Gasteiger partial charge in [0.05, 0.1) is 0 Å². The predicted molar refractivity (Wildman–Crippen MR) is 105 cm³/mol. The number of rotatable bonds is 15. The summed E-state index contributed by atoms with van der Waals surface area (Å²) in [5.74, 6) is 0. The van der Waals surface area contributed by atoms with Crippen molar-refractivity contribution in [2.24, 2.45) is 0 Å². The molecule has 0 radical (unpaired) electrons. The molecule has 0 aliphatic heterocycles. The number of hydrogen-bond acceptors (Lipinski definition) is 2. The van der Waals surface area contributed by atoms with Crippen molar-refractivity contribution in [3.05, 3.63) is 0 Å². The molecule has 22 heavy (non-hydrogen) atoms. The molecule has 0 N–H and O–H groups in total. The second-order valence-corrected chi connectivity index (χ2v) is 15.0. The Morgan fingerprint density at radius 2 is 0.727 bits per heavy atom. The van der Waals surface area contributed by atoms with Crippen LogP contribution in [0.4, 0.5) is 0 Å². The molecule has 0 aromatic heterocycles. The van der Waals surface area contributed by atoms with E-state index in [2.05, 4.69) is 41.5 Å². The van der Waals surface area contributed by atoms with Crippen molar-refractivity contribution in [1.29, 1.82) is 0 Å². The Labute approximate surface area is 142 Å². The molecule has 0 fully saturated rings. The second kappa shape index (κ2) is 12.7. The molecule has 0 aromatic rings. The molecule has 2 nitrogen and oxygen atoms in total. The molecule has 0 saturated carbocycles. The van der Waals surface area contributed by atoms with Crippen LogP contribution in [0.5, 0.6) is 0 Å². The van der Waals surface area contributed by atoms with Crippen LogP contribution in [0.25, 0.3) is 0 Å². The standard InChI is InChI=1S/C18H42O2Si2/c1-7-13-21(14-8-2,19-11-5)17-18-22(15-9-3,16-10-4)20-12-6/h7-18H2,1-6H3. The lowest BCUT2D eigenvalue weighted by Crippen LogP contribution is -2.44. The van der Waals surface area contributed by atoms with Gasteiger partial charge in [-0.05, 0) is 50.1 Å². The van der Waals surface area contributed by atoms with Crippen LogP contribution in [0.3, 0.4) is 0 Å². The van der Waals surface area contributed by atoms with Crippen molar-refractivity contribution in [2.45, 2.75) is 103 Å². The van der Waals surface area contributed by atoms with Gasteiger partial charge in [-0.2, -0.15) is 0 Å². The molecule has 0 spiro atoms. The van der Waals surface area contributed by atoms with E-state index in [1.54, 1.807) is 0 Å². The molecule has 0 rings (SSSR count). The van der Waals surface area contributed by atoms with Gasteiger partial charge in [-0.15, -0.1) is 0 Å². The van der Waals surface area contributed by atoms with Gasteiger partial charge >= 0.3 is 0 Å². The first-order chi connectivity index (χ1) is 10.6. The topological polar surface area (TPSA) is 18.5 Å². The van der Waals surface area contributed by atoms with Crippen molar-refractivity contribution >= 4 is 16.6 Å². The first-order valence-electron chi connectivity index (χ1n) is 9.85. The summed E-state index contributed by atoms with van der Waals surface area (Å²) in [5.41, 5.74) is 0. The van der Waals surface area contributed by atoms with Crippen LogP contribution in [0.15, 0.2) is 0 Å². The summed E-state index contributed by atoms with van der Waals surface area (Å²) in [7, 11) is -3.08. The third kappa shape index (κ3) is 7.76. The highest BCUT2D eigenvalue weighted by Crippen LogP contribution is 2.35. The van der Waals surface area contributed by atoms with Gasteiger partial charge in [0.25, 0.3) is 0 Å². The fraction of sp³-hybridized carbons (Fsp3) is 1.00. The Bertz CT molecular complexity index is 199. The van der Waals surface area contributed by atoms with Gasteiger partial charge in [0, 0.05) is 13.2 Å². The van der Waals surface area contributed by atoms with Gasteiger partial charge < -0.3 is 8.85 Å².